The predicted molar refractivity (Wildman–Crippen MR) is 377 cm³/mol. The van der Waals surface area contributed by atoms with Crippen molar-refractivity contribution in [3.63, 3.8) is 0 Å². The first-order chi connectivity index (χ1) is 47.2. The van der Waals surface area contributed by atoms with Gasteiger partial charge in [0.15, 0.2) is 0 Å². The third-order valence-corrected chi connectivity index (χ3v) is 18.9. The van der Waals surface area contributed by atoms with Gasteiger partial charge in [0.2, 0.25) is 0 Å². The molecule has 0 saturated heterocycles. The van der Waals surface area contributed by atoms with Crippen molar-refractivity contribution < 1.29 is 11.0 Å². The third-order valence-electron chi connectivity index (χ3n) is 18.9. The number of aromatic nitrogens is 4. The number of anilines is 6. The number of benzene rings is 13. The molecule has 418 valence electrons. The molecule has 89 heavy (non-hydrogen) atoms. The van der Waals surface area contributed by atoms with Gasteiger partial charge in [0.05, 0.1) is 66.5 Å². The van der Waals surface area contributed by atoms with Crippen LogP contribution in [-0.2, 0) is 5.41 Å². The molecule has 4 aromatic heterocycles. The zero-order valence-electron chi connectivity index (χ0n) is 56.9. The van der Waals surface area contributed by atoms with E-state index in [-0.39, 0.29) is 48.3 Å². The Morgan fingerprint density at radius 2 is 0.663 bits per heavy atom. The molecule has 0 N–H and O–H groups in total. The van der Waals surface area contributed by atoms with Crippen molar-refractivity contribution in [1.82, 2.24) is 18.3 Å². The van der Waals surface area contributed by atoms with Gasteiger partial charge in [-0.25, -0.2) is 0 Å². The zero-order valence-corrected chi connectivity index (χ0v) is 48.9. The number of nitrogens with zero attached hydrogens (tertiary/aromatic N) is 6. The van der Waals surface area contributed by atoms with E-state index in [4.69, 9.17) is 2.74 Å². The Bertz CT molecular complexity index is 5840. The maximum atomic E-state index is 9.77. The fourth-order valence-corrected chi connectivity index (χ4v) is 15.1. The molecular weight excluding hydrogens is 1080 g/mol. The van der Waals surface area contributed by atoms with E-state index in [9.17, 15) is 8.22 Å². The van der Waals surface area contributed by atoms with E-state index >= 15 is 0 Å². The van der Waals surface area contributed by atoms with Crippen LogP contribution >= 0.6 is 0 Å². The minimum Gasteiger partial charge on any atom is -0.309 e. The fourth-order valence-electron chi connectivity index (χ4n) is 15.1. The highest BCUT2D eigenvalue weighted by Crippen LogP contribution is 2.52. The van der Waals surface area contributed by atoms with Gasteiger partial charge in [-0.15, -0.1) is 0 Å². The summed E-state index contributed by atoms with van der Waals surface area (Å²) in [5.74, 6) is 0. The molecule has 0 spiro atoms. The standard InChI is InChI=1S/C82H57BN6/c1-82(2,3)52-48-77-79-78(49-52)89(74-43-23-35-64-62-33-15-21-41-72(62)87(81(64)74)54-26-8-5-9-27-54)76-51-56(85-69-38-18-12-30-59(69)60-31-13-19-39-70(60)85)45-47-66(76)83(79)65-46-44-55(84-67-36-16-10-28-57(67)58-29-11-17-37-68(58)84)50-75(65)88(77)73-42-22-34-63-61-32-14-20-40-71(61)86(80(63)73)53-24-6-4-7-25-53/h4-51H,1-3H3/i14D,15D,20D,21D,32D,33D,40D,41D. The van der Waals surface area contributed by atoms with Crippen LogP contribution in [0.3, 0.4) is 0 Å². The molecule has 0 aliphatic carbocycles. The third kappa shape index (κ3) is 7.04. The van der Waals surface area contributed by atoms with Gasteiger partial charge in [-0.2, -0.15) is 0 Å². The van der Waals surface area contributed by atoms with Gasteiger partial charge in [-0.05, 0) is 137 Å². The minimum absolute atomic E-state index is 0.115. The van der Waals surface area contributed by atoms with Crippen molar-refractivity contribution in [2.75, 3.05) is 9.80 Å². The second-order valence-electron chi connectivity index (χ2n) is 24.6. The first-order valence-corrected chi connectivity index (χ1v) is 30.4. The molecule has 7 heteroatoms. The Balaban J connectivity index is 1.00. The Labute approximate surface area is 526 Å². The first-order valence-electron chi connectivity index (χ1n) is 34.4. The lowest BCUT2D eigenvalue weighted by Crippen LogP contribution is -2.61. The molecule has 13 aromatic carbocycles. The molecule has 0 atom stereocenters. The summed E-state index contributed by atoms with van der Waals surface area (Å²) in [5.41, 5.74) is 18.5. The van der Waals surface area contributed by atoms with Crippen LogP contribution in [0.1, 0.15) is 37.3 Å². The van der Waals surface area contributed by atoms with Crippen LogP contribution in [0.2, 0.25) is 0 Å². The fraction of sp³-hybridized carbons (Fsp3) is 0.0488. The Morgan fingerprint density at radius 1 is 0.292 bits per heavy atom. The lowest BCUT2D eigenvalue weighted by atomic mass is 9.33. The summed E-state index contributed by atoms with van der Waals surface area (Å²) in [5, 5.41) is 6.73. The molecule has 0 saturated carbocycles. The van der Waals surface area contributed by atoms with Gasteiger partial charge in [0.25, 0.3) is 6.71 Å². The highest BCUT2D eigenvalue weighted by Gasteiger charge is 2.46. The average molecular weight is 1150 g/mol. The van der Waals surface area contributed by atoms with E-state index in [0.29, 0.717) is 43.6 Å². The van der Waals surface area contributed by atoms with Crippen LogP contribution in [0, 0.1) is 0 Å². The van der Waals surface area contributed by atoms with E-state index in [2.05, 4.69) is 197 Å². The maximum Gasteiger partial charge on any atom is 0.252 e. The van der Waals surface area contributed by atoms with Gasteiger partial charge in [0.1, 0.15) is 0 Å². The topological polar surface area (TPSA) is 26.2 Å². The smallest absolute Gasteiger partial charge is 0.252 e. The molecule has 0 amide bonds. The van der Waals surface area contributed by atoms with Crippen LogP contribution in [0.4, 0.5) is 34.1 Å². The Kier molecular flexibility index (Phi) is 8.90. The quantitative estimate of drug-likeness (QED) is 0.155. The summed E-state index contributed by atoms with van der Waals surface area (Å²) >= 11 is 0. The molecule has 0 radical (unpaired) electrons. The van der Waals surface area contributed by atoms with Crippen LogP contribution in [0.15, 0.2) is 291 Å². The highest BCUT2D eigenvalue weighted by atomic mass is 15.2. The monoisotopic (exact) mass is 1140 g/mol. The lowest BCUT2D eigenvalue weighted by Gasteiger charge is -2.45. The lowest BCUT2D eigenvalue weighted by molar-refractivity contribution is 0.590. The van der Waals surface area contributed by atoms with Crippen molar-refractivity contribution in [1.29, 1.82) is 0 Å². The van der Waals surface area contributed by atoms with Crippen molar-refractivity contribution in [2.45, 2.75) is 26.2 Å². The molecule has 0 fully saturated rings. The molecule has 0 bridgehead atoms. The Hall–Kier alpha value is -11.3. The number of rotatable bonds is 6. The number of para-hydroxylation sites is 10. The molecule has 17 aromatic rings. The molecule has 2 aliphatic rings. The molecule has 0 unspecified atom stereocenters. The van der Waals surface area contributed by atoms with Crippen LogP contribution in [0.25, 0.3) is 110 Å². The van der Waals surface area contributed by atoms with E-state index in [1.54, 1.807) is 0 Å². The van der Waals surface area contributed by atoms with Crippen molar-refractivity contribution in [3.8, 4) is 22.7 Å². The molecule has 6 heterocycles. The number of fused-ring (bicyclic) bond motifs is 16. The summed E-state index contributed by atoms with van der Waals surface area (Å²) in [6.45, 7) is 6.32. The van der Waals surface area contributed by atoms with Crippen molar-refractivity contribution in [3.05, 3.63) is 297 Å². The highest BCUT2D eigenvalue weighted by molar-refractivity contribution is 7.00. The molecule has 19 rings (SSSR count). The number of hydrogen-bond acceptors (Lipinski definition) is 2. The zero-order chi connectivity index (χ0) is 65.8. The maximum absolute atomic E-state index is 9.77. The van der Waals surface area contributed by atoms with Gasteiger partial charge >= 0.3 is 0 Å². The molecular formula is C82H57BN6. The first kappa shape index (κ1) is 42.5. The minimum atomic E-state index is -0.477. The second-order valence-corrected chi connectivity index (χ2v) is 24.6. The van der Waals surface area contributed by atoms with E-state index < -0.39 is 12.1 Å². The van der Waals surface area contributed by atoms with Gasteiger partial charge in [-0.3, -0.25) is 0 Å². The van der Waals surface area contributed by atoms with E-state index in [1.807, 2.05) is 94.1 Å². The summed E-state index contributed by atoms with van der Waals surface area (Å²) in [4.78, 5) is 4.80. The van der Waals surface area contributed by atoms with Gasteiger partial charge in [0, 0.05) is 88.6 Å². The molecule has 6 nitrogen and oxygen atoms in total. The van der Waals surface area contributed by atoms with Gasteiger partial charge < -0.3 is 28.1 Å². The van der Waals surface area contributed by atoms with Crippen LogP contribution < -0.4 is 26.2 Å². The SMILES string of the molecule is [2H]c1c([2H])c([2H])c2c(c1[2H])c1cccc(N3c4cc(-n5c6ccccc6c6ccccc65)ccc4B4c5ccc(-n6c7ccccc7c7ccccc76)cc5N(c5cccc6c7c([2H])c([2H])c([2H])c([2H])c7n(-c7ccccc7)c56)c5cc(C(C)(C)C)cc3c54)c1n2-c1ccccc1. The second kappa shape index (κ2) is 18.6. The summed E-state index contributed by atoms with van der Waals surface area (Å²) in [7, 11) is 0. The van der Waals surface area contributed by atoms with E-state index in [1.165, 1.54) is 0 Å². The predicted octanol–water partition coefficient (Wildman–Crippen LogP) is 19.5. The van der Waals surface area contributed by atoms with Crippen molar-refractivity contribution in [2.24, 2.45) is 0 Å². The van der Waals surface area contributed by atoms with Gasteiger partial charge in [-0.1, -0.05) is 203 Å². The summed E-state index contributed by atoms with van der Waals surface area (Å²) in [6, 6.07) is 83.1. The largest absolute Gasteiger partial charge is 0.309 e. The average Bonchev–Trinajstić information content (AvgIpc) is 1.36. The van der Waals surface area contributed by atoms with Crippen molar-refractivity contribution >= 4 is 144 Å². The summed E-state index contributed by atoms with van der Waals surface area (Å²) < 4.78 is 84.5. The Morgan fingerprint density at radius 3 is 1.07 bits per heavy atom. The normalized spacial score (nSPS) is 14.3. The van der Waals surface area contributed by atoms with Crippen LogP contribution in [-0.4, -0.2) is 25.0 Å². The number of hydrogen-bond donors (Lipinski definition) is 0. The van der Waals surface area contributed by atoms with Crippen LogP contribution in [0.5, 0.6) is 0 Å². The van der Waals surface area contributed by atoms with E-state index in [0.717, 1.165) is 122 Å². The molecule has 2 aliphatic heterocycles. The summed E-state index contributed by atoms with van der Waals surface area (Å²) in [6.07, 6.45) is 0.